The first-order chi connectivity index (χ1) is 9.76. The minimum Gasteiger partial charge on any atom is -0.393 e. The van der Waals surface area contributed by atoms with Gasteiger partial charge in [-0.1, -0.05) is 27.2 Å². The van der Waals surface area contributed by atoms with Crippen molar-refractivity contribution in [3.8, 4) is 0 Å². The van der Waals surface area contributed by atoms with Gasteiger partial charge in [-0.2, -0.15) is 35.3 Å². The van der Waals surface area contributed by atoms with Gasteiger partial charge in [-0.3, -0.25) is 0 Å². The van der Waals surface area contributed by atoms with Crippen molar-refractivity contribution in [3.05, 3.63) is 0 Å². The maximum Gasteiger partial charge on any atom is 0.171 e. The first kappa shape index (κ1) is 21.9. The molecule has 0 heterocycles. The summed E-state index contributed by atoms with van der Waals surface area (Å²) in [4.78, 5) is 0. The second kappa shape index (κ2) is 12.4. The maximum absolute atomic E-state index is 9.83. The lowest BCUT2D eigenvalue weighted by Crippen LogP contribution is -2.32. The Morgan fingerprint density at radius 2 is 1.52 bits per heavy atom. The van der Waals surface area contributed by atoms with E-state index in [1.54, 1.807) is 23.5 Å². The number of hydrogen-bond acceptors (Lipinski definition) is 6. The van der Waals surface area contributed by atoms with E-state index in [2.05, 4.69) is 20.8 Å². The Labute approximate surface area is 143 Å². The predicted molar refractivity (Wildman–Crippen MR) is 99.5 cm³/mol. The summed E-state index contributed by atoms with van der Waals surface area (Å²) in [7, 11) is 0. The van der Waals surface area contributed by atoms with E-state index in [0.29, 0.717) is 22.7 Å². The zero-order valence-corrected chi connectivity index (χ0v) is 16.2. The van der Waals surface area contributed by atoms with Gasteiger partial charge in [0.15, 0.2) is 5.79 Å². The zero-order valence-electron chi connectivity index (χ0n) is 13.7. The fourth-order valence-electron chi connectivity index (χ4n) is 1.61. The van der Waals surface area contributed by atoms with Crippen LogP contribution < -0.4 is 0 Å². The lowest BCUT2D eigenvalue weighted by molar-refractivity contribution is -0.145. The number of aliphatic hydroxyl groups is 3. The molecule has 0 radical (unpaired) electrons. The van der Waals surface area contributed by atoms with Crippen LogP contribution in [0, 0.1) is 0 Å². The molecule has 0 aromatic rings. The molecule has 0 aliphatic heterocycles. The molecule has 21 heavy (non-hydrogen) atoms. The van der Waals surface area contributed by atoms with Crippen LogP contribution in [-0.2, 0) is 0 Å². The standard InChI is InChI=1S/C15H32O3S3/c1-5-6-7-15(17,18)11-21-14(4)10-19-9-13(3)20-8-12(2)16/h12-14,16-18H,5-11H2,1-4H3. The van der Waals surface area contributed by atoms with Crippen molar-refractivity contribution in [1.82, 2.24) is 0 Å². The molecule has 6 heteroatoms. The van der Waals surface area contributed by atoms with Crippen LogP contribution in [0.3, 0.4) is 0 Å². The molecule has 0 fully saturated rings. The smallest absolute Gasteiger partial charge is 0.171 e. The van der Waals surface area contributed by atoms with Gasteiger partial charge in [0.05, 0.1) is 6.10 Å². The number of hydrogen-bond donors (Lipinski definition) is 3. The van der Waals surface area contributed by atoms with Gasteiger partial charge in [-0.25, -0.2) is 0 Å². The molecule has 0 amide bonds. The lowest BCUT2D eigenvalue weighted by Gasteiger charge is -2.23. The Kier molecular flexibility index (Phi) is 12.9. The minimum absolute atomic E-state index is 0.234. The number of unbranched alkanes of at least 4 members (excludes halogenated alkanes) is 1. The molecule has 0 saturated carbocycles. The summed E-state index contributed by atoms with van der Waals surface area (Å²) >= 11 is 5.34. The average Bonchev–Trinajstić information content (AvgIpc) is 2.41. The van der Waals surface area contributed by atoms with Crippen LogP contribution in [0.5, 0.6) is 0 Å². The van der Waals surface area contributed by atoms with E-state index in [1.807, 2.05) is 18.7 Å². The summed E-state index contributed by atoms with van der Waals surface area (Å²) in [6.45, 7) is 8.20. The summed E-state index contributed by atoms with van der Waals surface area (Å²) < 4.78 is 0. The van der Waals surface area contributed by atoms with Crippen LogP contribution in [-0.4, -0.2) is 60.7 Å². The van der Waals surface area contributed by atoms with E-state index in [0.717, 1.165) is 30.1 Å². The molecule has 0 aliphatic carbocycles. The van der Waals surface area contributed by atoms with Gasteiger partial charge in [-0.15, -0.1) is 0 Å². The van der Waals surface area contributed by atoms with Crippen LogP contribution in [0.4, 0.5) is 0 Å². The quantitative estimate of drug-likeness (QED) is 0.441. The Hall–Kier alpha value is 0.930. The first-order valence-corrected chi connectivity index (χ1v) is 11.0. The van der Waals surface area contributed by atoms with Crippen LogP contribution in [0.2, 0.25) is 0 Å². The Balaban J connectivity index is 3.68. The summed E-state index contributed by atoms with van der Waals surface area (Å²) in [5, 5.41) is 29.9. The van der Waals surface area contributed by atoms with E-state index in [1.165, 1.54) is 0 Å². The molecule has 0 saturated heterocycles. The van der Waals surface area contributed by atoms with Crippen molar-refractivity contribution in [2.45, 2.75) is 69.3 Å². The number of aliphatic hydroxyl groups excluding tert-OH is 1. The predicted octanol–water partition coefficient (Wildman–Crippen LogP) is 3.21. The summed E-state index contributed by atoms with van der Waals surface area (Å²) in [5.41, 5.74) is 0. The normalized spacial score (nSPS) is 16.7. The highest BCUT2D eigenvalue weighted by molar-refractivity contribution is 8.05. The fraction of sp³-hybridized carbons (Fsp3) is 1.00. The highest BCUT2D eigenvalue weighted by Gasteiger charge is 2.23. The second-order valence-electron chi connectivity index (χ2n) is 5.74. The SMILES string of the molecule is CCCCC(O)(O)CSC(C)CSCC(C)SCC(C)O. The molecule has 0 aromatic carbocycles. The molecular weight excluding hydrogens is 324 g/mol. The molecule has 0 aliphatic rings. The van der Waals surface area contributed by atoms with Gasteiger partial charge in [0.2, 0.25) is 0 Å². The number of thioether (sulfide) groups is 3. The van der Waals surface area contributed by atoms with Crippen LogP contribution in [0.1, 0.15) is 47.0 Å². The molecule has 3 nitrogen and oxygen atoms in total. The third-order valence-corrected chi connectivity index (χ3v) is 7.53. The van der Waals surface area contributed by atoms with E-state index in [9.17, 15) is 15.3 Å². The van der Waals surface area contributed by atoms with Crippen LogP contribution >= 0.6 is 35.3 Å². The highest BCUT2D eigenvalue weighted by Crippen LogP contribution is 2.24. The van der Waals surface area contributed by atoms with Gasteiger partial charge in [0.25, 0.3) is 0 Å². The third-order valence-electron chi connectivity index (χ3n) is 2.86. The zero-order chi connectivity index (χ0) is 16.3. The lowest BCUT2D eigenvalue weighted by atomic mass is 10.1. The Bertz CT molecular complexity index is 250. The van der Waals surface area contributed by atoms with Crippen LogP contribution in [0.25, 0.3) is 0 Å². The first-order valence-electron chi connectivity index (χ1n) is 7.70. The second-order valence-corrected chi connectivity index (χ2v) is 9.71. The van der Waals surface area contributed by atoms with Crippen molar-refractivity contribution in [3.63, 3.8) is 0 Å². The molecule has 0 aromatic heterocycles. The molecule has 0 bridgehead atoms. The molecule has 0 spiro atoms. The van der Waals surface area contributed by atoms with E-state index >= 15 is 0 Å². The van der Waals surface area contributed by atoms with Gasteiger partial charge < -0.3 is 15.3 Å². The summed E-state index contributed by atoms with van der Waals surface area (Å²) in [6, 6.07) is 0. The molecule has 128 valence electrons. The number of rotatable bonds is 13. The monoisotopic (exact) mass is 356 g/mol. The molecule has 3 atom stereocenters. The van der Waals surface area contributed by atoms with Crippen molar-refractivity contribution in [1.29, 1.82) is 0 Å². The van der Waals surface area contributed by atoms with Gasteiger partial charge in [0.1, 0.15) is 0 Å². The Morgan fingerprint density at radius 3 is 2.05 bits per heavy atom. The van der Waals surface area contributed by atoms with E-state index < -0.39 is 5.79 Å². The van der Waals surface area contributed by atoms with Gasteiger partial charge in [-0.05, 0) is 13.3 Å². The molecular formula is C15H32O3S3. The van der Waals surface area contributed by atoms with Crippen LogP contribution in [0.15, 0.2) is 0 Å². The third kappa shape index (κ3) is 14.3. The van der Waals surface area contributed by atoms with Crippen molar-refractivity contribution >= 4 is 35.3 Å². The topological polar surface area (TPSA) is 60.7 Å². The van der Waals surface area contributed by atoms with Crippen molar-refractivity contribution < 1.29 is 15.3 Å². The summed E-state index contributed by atoms with van der Waals surface area (Å²) in [6.07, 6.45) is 2.07. The maximum atomic E-state index is 9.83. The molecule has 0 rings (SSSR count). The molecule has 3 N–H and O–H groups in total. The average molecular weight is 357 g/mol. The molecule has 3 unspecified atom stereocenters. The van der Waals surface area contributed by atoms with E-state index in [-0.39, 0.29) is 6.10 Å². The van der Waals surface area contributed by atoms with Gasteiger partial charge in [0, 0.05) is 39.9 Å². The largest absolute Gasteiger partial charge is 0.393 e. The van der Waals surface area contributed by atoms with Crippen molar-refractivity contribution in [2.75, 3.05) is 23.0 Å². The van der Waals surface area contributed by atoms with Crippen molar-refractivity contribution in [2.24, 2.45) is 0 Å². The Morgan fingerprint density at radius 1 is 0.952 bits per heavy atom. The van der Waals surface area contributed by atoms with E-state index in [4.69, 9.17) is 0 Å². The van der Waals surface area contributed by atoms with Gasteiger partial charge >= 0.3 is 0 Å². The minimum atomic E-state index is -1.51. The highest BCUT2D eigenvalue weighted by atomic mass is 32.2. The summed E-state index contributed by atoms with van der Waals surface area (Å²) in [5.74, 6) is 1.76. The fourth-order valence-corrected chi connectivity index (χ4v) is 5.06.